The number of rotatable bonds is 5. The Balaban J connectivity index is 1.79. The molecular formula is C19H24N2O3S. The van der Waals surface area contributed by atoms with Crippen molar-refractivity contribution in [1.82, 2.24) is 4.98 Å². The van der Waals surface area contributed by atoms with Crippen LogP contribution in [0.1, 0.15) is 36.0 Å². The van der Waals surface area contributed by atoms with Gasteiger partial charge in [0.2, 0.25) is 5.91 Å². The highest BCUT2D eigenvalue weighted by Gasteiger charge is 2.23. The molecule has 3 rings (SSSR count). The first-order chi connectivity index (χ1) is 12.1. The predicted octanol–water partition coefficient (Wildman–Crippen LogP) is 3.63. The van der Waals surface area contributed by atoms with Crippen molar-refractivity contribution in [1.29, 1.82) is 0 Å². The molecule has 6 heteroatoms. The summed E-state index contributed by atoms with van der Waals surface area (Å²) in [6, 6.07) is 5.94. The number of ether oxygens (including phenoxy) is 2. The van der Waals surface area contributed by atoms with E-state index in [1.165, 1.54) is 0 Å². The molecule has 0 saturated carbocycles. The second-order valence-electron chi connectivity index (χ2n) is 6.14. The summed E-state index contributed by atoms with van der Waals surface area (Å²) < 4.78 is 10.9. The monoisotopic (exact) mass is 360 g/mol. The summed E-state index contributed by atoms with van der Waals surface area (Å²) in [6.45, 7) is 2.43. The SMILES string of the molecule is COc1cccc(CCc2nc3c(s2)N(C(C)=O)CCCC3)c1OC. The minimum absolute atomic E-state index is 0.104. The summed E-state index contributed by atoms with van der Waals surface area (Å²) in [6.07, 6.45) is 4.74. The highest BCUT2D eigenvalue weighted by atomic mass is 32.1. The molecule has 1 aliphatic rings. The van der Waals surface area contributed by atoms with Crippen LogP contribution in [0, 0.1) is 0 Å². The van der Waals surface area contributed by atoms with Gasteiger partial charge in [-0.3, -0.25) is 4.79 Å². The Morgan fingerprint density at radius 1 is 1.24 bits per heavy atom. The van der Waals surface area contributed by atoms with Crippen molar-refractivity contribution in [3.63, 3.8) is 0 Å². The predicted molar refractivity (Wildman–Crippen MR) is 100 cm³/mol. The lowest BCUT2D eigenvalue weighted by molar-refractivity contribution is -0.116. The van der Waals surface area contributed by atoms with Crippen LogP contribution in [0.15, 0.2) is 18.2 Å². The Morgan fingerprint density at radius 3 is 2.80 bits per heavy atom. The molecule has 1 aromatic carbocycles. The van der Waals surface area contributed by atoms with E-state index in [-0.39, 0.29) is 5.91 Å². The Morgan fingerprint density at radius 2 is 2.08 bits per heavy atom. The summed E-state index contributed by atoms with van der Waals surface area (Å²) in [5.74, 6) is 1.64. The molecule has 25 heavy (non-hydrogen) atoms. The van der Waals surface area contributed by atoms with E-state index >= 15 is 0 Å². The van der Waals surface area contributed by atoms with Crippen molar-refractivity contribution in [2.75, 3.05) is 25.7 Å². The number of aryl methyl sites for hydroxylation is 3. The Labute approximate surface area is 152 Å². The standard InChI is InChI=1S/C19H24N2O3S/c1-13(22)21-12-5-4-8-15-19(21)25-17(20-15)11-10-14-7-6-9-16(23-2)18(14)24-3/h6-7,9H,4-5,8,10-12H2,1-3H3. The number of aromatic nitrogens is 1. The molecular weight excluding hydrogens is 336 g/mol. The molecule has 134 valence electrons. The maximum atomic E-state index is 11.9. The van der Waals surface area contributed by atoms with Crippen LogP contribution in [-0.2, 0) is 24.1 Å². The normalized spacial score (nSPS) is 14.0. The molecule has 0 bridgehead atoms. The van der Waals surface area contributed by atoms with Crippen LogP contribution in [0.5, 0.6) is 11.5 Å². The zero-order chi connectivity index (χ0) is 17.8. The highest BCUT2D eigenvalue weighted by molar-refractivity contribution is 7.16. The Kier molecular flexibility index (Phi) is 5.58. The first kappa shape index (κ1) is 17.7. The van der Waals surface area contributed by atoms with Crippen LogP contribution in [0.2, 0.25) is 0 Å². The van der Waals surface area contributed by atoms with E-state index in [1.54, 1.807) is 32.5 Å². The van der Waals surface area contributed by atoms with Crippen molar-refractivity contribution in [2.45, 2.75) is 39.0 Å². The highest BCUT2D eigenvalue weighted by Crippen LogP contribution is 2.35. The molecule has 0 saturated heterocycles. The van der Waals surface area contributed by atoms with Crippen molar-refractivity contribution in [2.24, 2.45) is 0 Å². The molecule has 1 aliphatic heterocycles. The molecule has 0 unspecified atom stereocenters. The average molecular weight is 360 g/mol. The number of hydrogen-bond acceptors (Lipinski definition) is 5. The van der Waals surface area contributed by atoms with Crippen LogP contribution in [0.25, 0.3) is 0 Å². The van der Waals surface area contributed by atoms with E-state index in [9.17, 15) is 4.79 Å². The number of anilines is 1. The fraction of sp³-hybridized carbons (Fsp3) is 0.474. The number of carbonyl (C=O) groups is 1. The maximum Gasteiger partial charge on any atom is 0.224 e. The number of nitrogens with zero attached hydrogens (tertiary/aromatic N) is 2. The van der Waals surface area contributed by atoms with Crippen molar-refractivity contribution in [3.05, 3.63) is 34.5 Å². The zero-order valence-electron chi connectivity index (χ0n) is 15.0. The lowest BCUT2D eigenvalue weighted by Gasteiger charge is -2.17. The summed E-state index contributed by atoms with van der Waals surface area (Å²) >= 11 is 1.65. The van der Waals surface area contributed by atoms with E-state index in [0.717, 1.165) is 71.4 Å². The van der Waals surface area contributed by atoms with Gasteiger partial charge in [-0.25, -0.2) is 4.98 Å². The van der Waals surface area contributed by atoms with E-state index in [4.69, 9.17) is 14.5 Å². The number of thiazole rings is 1. The van der Waals surface area contributed by atoms with Gasteiger partial charge in [0.15, 0.2) is 11.5 Å². The van der Waals surface area contributed by atoms with Crippen molar-refractivity contribution >= 4 is 22.2 Å². The number of methoxy groups -OCH3 is 2. The summed E-state index contributed by atoms with van der Waals surface area (Å²) in [7, 11) is 3.31. The topological polar surface area (TPSA) is 51.7 Å². The first-order valence-corrected chi connectivity index (χ1v) is 9.42. The lowest BCUT2D eigenvalue weighted by Crippen LogP contribution is -2.28. The molecule has 0 radical (unpaired) electrons. The lowest BCUT2D eigenvalue weighted by atomic mass is 10.1. The van der Waals surface area contributed by atoms with E-state index in [1.807, 2.05) is 17.0 Å². The van der Waals surface area contributed by atoms with E-state index in [0.29, 0.717) is 0 Å². The van der Waals surface area contributed by atoms with E-state index < -0.39 is 0 Å². The van der Waals surface area contributed by atoms with Gasteiger partial charge in [0, 0.05) is 19.9 Å². The molecule has 0 spiro atoms. The van der Waals surface area contributed by atoms with Gasteiger partial charge in [-0.1, -0.05) is 12.1 Å². The van der Waals surface area contributed by atoms with Gasteiger partial charge in [0.05, 0.1) is 24.9 Å². The largest absolute Gasteiger partial charge is 0.493 e. The van der Waals surface area contributed by atoms with Crippen LogP contribution in [0.4, 0.5) is 5.00 Å². The minimum Gasteiger partial charge on any atom is -0.493 e. The van der Waals surface area contributed by atoms with Crippen LogP contribution >= 0.6 is 11.3 Å². The van der Waals surface area contributed by atoms with Gasteiger partial charge in [-0.2, -0.15) is 0 Å². The van der Waals surface area contributed by atoms with Gasteiger partial charge in [-0.15, -0.1) is 11.3 Å². The van der Waals surface area contributed by atoms with Gasteiger partial charge >= 0.3 is 0 Å². The third-order valence-corrected chi connectivity index (χ3v) is 5.66. The molecule has 5 nitrogen and oxygen atoms in total. The van der Waals surface area contributed by atoms with E-state index in [2.05, 4.69) is 6.07 Å². The van der Waals surface area contributed by atoms with Gasteiger partial charge in [0.1, 0.15) is 5.00 Å². The second-order valence-corrected chi connectivity index (χ2v) is 7.20. The molecule has 1 aromatic heterocycles. The van der Waals surface area contributed by atoms with Crippen LogP contribution in [0.3, 0.4) is 0 Å². The Bertz CT molecular complexity index is 757. The number of fused-ring (bicyclic) bond motifs is 1. The third-order valence-electron chi connectivity index (χ3n) is 4.48. The molecule has 0 N–H and O–H groups in total. The molecule has 0 fully saturated rings. The van der Waals surface area contributed by atoms with Crippen LogP contribution < -0.4 is 14.4 Å². The number of benzene rings is 1. The zero-order valence-corrected chi connectivity index (χ0v) is 15.8. The second kappa shape index (κ2) is 7.87. The quantitative estimate of drug-likeness (QED) is 0.817. The molecule has 0 atom stereocenters. The van der Waals surface area contributed by atoms with Crippen molar-refractivity contribution < 1.29 is 14.3 Å². The smallest absolute Gasteiger partial charge is 0.224 e. The van der Waals surface area contributed by atoms with Crippen molar-refractivity contribution in [3.8, 4) is 11.5 Å². The number of amides is 1. The maximum absolute atomic E-state index is 11.9. The fourth-order valence-electron chi connectivity index (χ4n) is 3.23. The first-order valence-electron chi connectivity index (χ1n) is 8.60. The molecule has 1 amide bonds. The minimum atomic E-state index is 0.104. The Hall–Kier alpha value is -2.08. The summed E-state index contributed by atoms with van der Waals surface area (Å²) in [5, 5.41) is 2.11. The van der Waals surface area contributed by atoms with Gasteiger partial charge in [0.25, 0.3) is 0 Å². The van der Waals surface area contributed by atoms with Gasteiger partial charge in [-0.05, 0) is 37.3 Å². The number of hydrogen-bond donors (Lipinski definition) is 0. The number of para-hydroxylation sites is 1. The number of carbonyl (C=O) groups excluding carboxylic acids is 1. The third kappa shape index (κ3) is 3.79. The average Bonchev–Trinajstić information content (AvgIpc) is 2.91. The van der Waals surface area contributed by atoms with Crippen LogP contribution in [-0.4, -0.2) is 31.7 Å². The van der Waals surface area contributed by atoms with Gasteiger partial charge < -0.3 is 14.4 Å². The molecule has 2 aromatic rings. The summed E-state index contributed by atoms with van der Waals surface area (Å²) in [4.78, 5) is 18.6. The molecule has 2 heterocycles. The molecule has 0 aliphatic carbocycles. The fourth-order valence-corrected chi connectivity index (χ4v) is 4.41. The summed E-state index contributed by atoms with van der Waals surface area (Å²) in [5.41, 5.74) is 2.18.